The Morgan fingerprint density at radius 1 is 1.06 bits per heavy atom. The number of hydrogen-bond acceptors (Lipinski definition) is 1. The Bertz CT molecular complexity index is 546. The first kappa shape index (κ1) is 12.5. The molecule has 0 spiro atoms. The molecule has 0 heterocycles. The van der Waals surface area contributed by atoms with E-state index in [0.717, 1.165) is 17.7 Å². The standard InChI is InChI=1S/C13H11BrF2O/c1-12(17,13(14,15)16)11-7-6-9-4-2-3-5-10(9)8-11/h2-8,17H,1H3. The van der Waals surface area contributed by atoms with Crippen LogP contribution in [0.3, 0.4) is 0 Å². The molecule has 1 nitrogen and oxygen atoms in total. The fraction of sp³-hybridized carbons (Fsp3) is 0.231. The van der Waals surface area contributed by atoms with Gasteiger partial charge in [-0.25, -0.2) is 0 Å². The molecule has 0 saturated heterocycles. The minimum absolute atomic E-state index is 0.179. The van der Waals surface area contributed by atoms with Crippen LogP contribution in [-0.4, -0.2) is 9.94 Å². The van der Waals surface area contributed by atoms with Gasteiger partial charge in [0.2, 0.25) is 0 Å². The van der Waals surface area contributed by atoms with Crippen molar-refractivity contribution < 1.29 is 13.9 Å². The number of aliphatic hydroxyl groups is 1. The number of hydrogen-bond donors (Lipinski definition) is 1. The summed E-state index contributed by atoms with van der Waals surface area (Å²) in [4.78, 5) is -3.37. The van der Waals surface area contributed by atoms with Crippen molar-refractivity contribution in [3.63, 3.8) is 0 Å². The normalized spacial score (nSPS) is 15.8. The molecule has 1 N–H and O–H groups in total. The molecule has 0 radical (unpaired) electrons. The van der Waals surface area contributed by atoms with Gasteiger partial charge in [0.1, 0.15) is 0 Å². The fourth-order valence-corrected chi connectivity index (χ4v) is 1.88. The molecule has 0 saturated carbocycles. The molecule has 2 aromatic rings. The van der Waals surface area contributed by atoms with Crippen LogP contribution in [-0.2, 0) is 5.60 Å². The molecule has 0 bridgehead atoms. The van der Waals surface area contributed by atoms with Gasteiger partial charge >= 0.3 is 4.83 Å². The van der Waals surface area contributed by atoms with E-state index in [1.54, 1.807) is 12.1 Å². The number of alkyl halides is 3. The van der Waals surface area contributed by atoms with Gasteiger partial charge in [-0.1, -0.05) is 36.4 Å². The molecule has 0 amide bonds. The molecule has 0 fully saturated rings. The molecule has 2 rings (SSSR count). The predicted octanol–water partition coefficient (Wildman–Crippen LogP) is 4.04. The van der Waals surface area contributed by atoms with Crippen LogP contribution in [0.15, 0.2) is 42.5 Å². The van der Waals surface area contributed by atoms with Crippen molar-refractivity contribution >= 4 is 26.7 Å². The summed E-state index contributed by atoms with van der Waals surface area (Å²) in [5, 5.41) is 11.7. The van der Waals surface area contributed by atoms with Crippen molar-refractivity contribution in [2.75, 3.05) is 0 Å². The van der Waals surface area contributed by atoms with E-state index in [9.17, 15) is 13.9 Å². The summed E-state index contributed by atoms with van der Waals surface area (Å²) in [6.07, 6.45) is 0. The summed E-state index contributed by atoms with van der Waals surface area (Å²) in [7, 11) is 0. The van der Waals surface area contributed by atoms with Crippen LogP contribution < -0.4 is 0 Å². The molecule has 0 aliphatic rings. The monoisotopic (exact) mass is 300 g/mol. The van der Waals surface area contributed by atoms with Crippen molar-refractivity contribution in [2.45, 2.75) is 17.4 Å². The van der Waals surface area contributed by atoms with Gasteiger partial charge < -0.3 is 5.11 Å². The van der Waals surface area contributed by atoms with Crippen molar-refractivity contribution in [1.82, 2.24) is 0 Å². The smallest absolute Gasteiger partial charge is 0.333 e. The third-order valence-corrected chi connectivity index (χ3v) is 3.64. The molecular formula is C13H11BrF2O. The van der Waals surface area contributed by atoms with E-state index in [1.807, 2.05) is 24.3 Å². The van der Waals surface area contributed by atoms with Crippen molar-refractivity contribution in [1.29, 1.82) is 0 Å². The third kappa shape index (κ3) is 2.19. The zero-order valence-electron chi connectivity index (χ0n) is 9.12. The van der Waals surface area contributed by atoms with Crippen molar-refractivity contribution in [3.8, 4) is 0 Å². The third-order valence-electron chi connectivity index (χ3n) is 2.86. The topological polar surface area (TPSA) is 20.2 Å². The maximum Gasteiger partial charge on any atom is 0.333 e. The lowest BCUT2D eigenvalue weighted by atomic mass is 9.94. The molecule has 0 aromatic heterocycles. The van der Waals surface area contributed by atoms with Gasteiger partial charge in [-0.3, -0.25) is 0 Å². The molecule has 1 atom stereocenters. The quantitative estimate of drug-likeness (QED) is 0.830. The first-order chi connectivity index (χ1) is 7.82. The van der Waals surface area contributed by atoms with Crippen LogP contribution in [0.25, 0.3) is 10.8 Å². The Labute approximate surface area is 106 Å². The van der Waals surface area contributed by atoms with Gasteiger partial charge in [-0.15, -0.1) is 0 Å². The lowest BCUT2D eigenvalue weighted by Crippen LogP contribution is -2.37. The van der Waals surface area contributed by atoms with Crippen LogP contribution in [0.5, 0.6) is 0 Å². The highest BCUT2D eigenvalue weighted by atomic mass is 79.9. The molecule has 4 heteroatoms. The summed E-state index contributed by atoms with van der Waals surface area (Å²) in [6, 6.07) is 12.2. The highest BCUT2D eigenvalue weighted by Gasteiger charge is 2.48. The number of halogens is 3. The lowest BCUT2D eigenvalue weighted by molar-refractivity contribution is -0.109. The van der Waals surface area contributed by atoms with Gasteiger partial charge in [0, 0.05) is 0 Å². The summed E-state index contributed by atoms with van der Waals surface area (Å²) >= 11 is 2.22. The highest BCUT2D eigenvalue weighted by molar-refractivity contribution is 9.10. The number of fused-ring (bicyclic) bond motifs is 1. The molecule has 0 aliphatic heterocycles. The minimum atomic E-state index is -3.37. The zero-order valence-corrected chi connectivity index (χ0v) is 10.7. The van der Waals surface area contributed by atoms with Crippen molar-refractivity contribution in [3.05, 3.63) is 48.0 Å². The molecule has 90 valence electrons. The largest absolute Gasteiger partial charge is 0.378 e. The Balaban J connectivity index is 2.57. The van der Waals surface area contributed by atoms with Crippen LogP contribution in [0, 0.1) is 0 Å². The van der Waals surface area contributed by atoms with Gasteiger partial charge in [-0.05, 0) is 45.3 Å². The minimum Gasteiger partial charge on any atom is -0.378 e. The zero-order chi connectivity index (χ0) is 12.7. The number of benzene rings is 2. The second-order valence-electron chi connectivity index (χ2n) is 4.13. The van der Waals surface area contributed by atoms with Gasteiger partial charge in [-0.2, -0.15) is 8.78 Å². The van der Waals surface area contributed by atoms with E-state index in [-0.39, 0.29) is 5.56 Å². The van der Waals surface area contributed by atoms with Gasteiger partial charge in [0.05, 0.1) is 0 Å². The summed E-state index contributed by atoms with van der Waals surface area (Å²) in [5.74, 6) is 0. The average Bonchev–Trinajstić information content (AvgIpc) is 2.27. The lowest BCUT2D eigenvalue weighted by Gasteiger charge is -2.28. The first-order valence-electron chi connectivity index (χ1n) is 5.11. The first-order valence-corrected chi connectivity index (χ1v) is 5.90. The second-order valence-corrected chi connectivity index (χ2v) is 5.13. The Hall–Kier alpha value is -1.00. The van der Waals surface area contributed by atoms with E-state index in [4.69, 9.17) is 0 Å². The Kier molecular flexibility index (Phi) is 2.96. The maximum atomic E-state index is 13.3. The Morgan fingerprint density at radius 3 is 2.24 bits per heavy atom. The van der Waals surface area contributed by atoms with E-state index in [0.29, 0.717) is 0 Å². The van der Waals surface area contributed by atoms with Crippen LogP contribution >= 0.6 is 15.9 Å². The van der Waals surface area contributed by atoms with Crippen LogP contribution in [0.1, 0.15) is 12.5 Å². The predicted molar refractivity (Wildman–Crippen MR) is 67.4 cm³/mol. The molecule has 0 aliphatic carbocycles. The molecule has 1 unspecified atom stereocenters. The van der Waals surface area contributed by atoms with Crippen LogP contribution in [0.2, 0.25) is 0 Å². The summed E-state index contributed by atoms with van der Waals surface area (Å²) in [6.45, 7) is 1.09. The van der Waals surface area contributed by atoms with E-state index in [1.165, 1.54) is 6.07 Å². The summed E-state index contributed by atoms with van der Waals surface area (Å²) in [5.41, 5.74) is -2.06. The van der Waals surface area contributed by atoms with E-state index >= 15 is 0 Å². The number of rotatable bonds is 2. The summed E-state index contributed by atoms with van der Waals surface area (Å²) < 4.78 is 26.5. The SMILES string of the molecule is CC(O)(c1ccc2ccccc2c1)C(F)(F)Br. The van der Waals surface area contributed by atoms with E-state index < -0.39 is 10.4 Å². The fourth-order valence-electron chi connectivity index (χ4n) is 1.66. The van der Waals surface area contributed by atoms with Crippen molar-refractivity contribution in [2.24, 2.45) is 0 Å². The van der Waals surface area contributed by atoms with Gasteiger partial charge in [0.25, 0.3) is 0 Å². The average molecular weight is 301 g/mol. The van der Waals surface area contributed by atoms with Crippen LogP contribution in [0.4, 0.5) is 8.78 Å². The molecular weight excluding hydrogens is 290 g/mol. The van der Waals surface area contributed by atoms with Gasteiger partial charge in [0.15, 0.2) is 5.60 Å². The molecule has 2 aromatic carbocycles. The Morgan fingerprint density at radius 2 is 1.65 bits per heavy atom. The maximum absolute atomic E-state index is 13.3. The van der Waals surface area contributed by atoms with E-state index in [2.05, 4.69) is 15.9 Å². The highest BCUT2D eigenvalue weighted by Crippen LogP contribution is 2.42. The molecule has 17 heavy (non-hydrogen) atoms. The second kappa shape index (κ2) is 4.03.